The molecular formula is C56H31N3. The first kappa shape index (κ1) is 30.3. The van der Waals surface area contributed by atoms with Gasteiger partial charge in [-0.15, -0.1) is 0 Å². The Morgan fingerprint density at radius 2 is 0.831 bits per heavy atom. The van der Waals surface area contributed by atoms with Crippen LogP contribution < -0.4 is 0 Å². The van der Waals surface area contributed by atoms with Crippen LogP contribution in [0, 0.1) is 0 Å². The highest BCUT2D eigenvalue weighted by Gasteiger charge is 2.26. The summed E-state index contributed by atoms with van der Waals surface area (Å²) in [5.74, 6) is 0. The molecule has 5 heterocycles. The van der Waals surface area contributed by atoms with Crippen molar-refractivity contribution in [3.05, 3.63) is 188 Å². The molecule has 59 heavy (non-hydrogen) atoms. The predicted octanol–water partition coefficient (Wildman–Crippen LogP) is 15.1. The van der Waals surface area contributed by atoms with Gasteiger partial charge in [-0.1, -0.05) is 127 Å². The van der Waals surface area contributed by atoms with E-state index in [1.165, 1.54) is 136 Å². The lowest BCUT2D eigenvalue weighted by atomic mass is 9.93. The Hall–Kier alpha value is -7.88. The van der Waals surface area contributed by atoms with Gasteiger partial charge in [0.2, 0.25) is 0 Å². The molecule has 0 aliphatic heterocycles. The third kappa shape index (κ3) is 3.62. The van der Waals surface area contributed by atoms with Gasteiger partial charge >= 0.3 is 0 Å². The van der Waals surface area contributed by atoms with Gasteiger partial charge in [-0.25, -0.2) is 0 Å². The zero-order chi connectivity index (χ0) is 38.1. The molecule has 0 N–H and O–H groups in total. The van der Waals surface area contributed by atoms with E-state index in [0.29, 0.717) is 0 Å². The van der Waals surface area contributed by atoms with Crippen LogP contribution in [-0.2, 0) is 0 Å². The van der Waals surface area contributed by atoms with E-state index < -0.39 is 0 Å². The molecule has 0 radical (unpaired) electrons. The molecule has 0 saturated heterocycles. The quantitative estimate of drug-likeness (QED) is 0.167. The highest BCUT2D eigenvalue weighted by molar-refractivity contribution is 6.34. The molecule has 5 aromatic heterocycles. The standard InChI is InChI=1S/C56H31N3/c1-2-15-35(16-3-1)57-47-23-10-8-19-38(47)42-29-34(25-26-49(42)57)52-36-17-6-4-13-32(36)28-45-41-22-12-21-40-43-30-51-46(31-50(43)59(54(40)41)55(45)52)53-37-18-7-5-14-33(37)27-44-39-20-9-11-24-48(39)58(51)56(44)53/h1-31H. The molecular weight excluding hydrogens is 715 g/mol. The van der Waals surface area contributed by atoms with Crippen molar-refractivity contribution in [1.29, 1.82) is 0 Å². The molecule has 15 aromatic rings. The summed E-state index contributed by atoms with van der Waals surface area (Å²) in [5.41, 5.74) is 13.7. The van der Waals surface area contributed by atoms with Gasteiger partial charge in [-0.3, -0.25) is 0 Å². The molecule has 0 fully saturated rings. The zero-order valence-corrected chi connectivity index (χ0v) is 31.7. The number of aromatic nitrogens is 3. The normalized spacial score (nSPS) is 12.7. The van der Waals surface area contributed by atoms with Gasteiger partial charge in [-0.05, 0) is 87.8 Å². The topological polar surface area (TPSA) is 13.8 Å². The Morgan fingerprint density at radius 1 is 0.271 bits per heavy atom. The number of benzene rings is 10. The van der Waals surface area contributed by atoms with E-state index >= 15 is 0 Å². The van der Waals surface area contributed by atoms with E-state index in [-0.39, 0.29) is 0 Å². The van der Waals surface area contributed by atoms with E-state index in [4.69, 9.17) is 0 Å². The van der Waals surface area contributed by atoms with Crippen molar-refractivity contribution in [1.82, 2.24) is 13.4 Å². The molecule has 0 bridgehead atoms. The van der Waals surface area contributed by atoms with Gasteiger partial charge in [0.05, 0.1) is 44.1 Å². The summed E-state index contributed by atoms with van der Waals surface area (Å²) >= 11 is 0. The van der Waals surface area contributed by atoms with Gasteiger partial charge in [0, 0.05) is 65.1 Å². The first-order chi connectivity index (χ1) is 29.3. The second kappa shape index (κ2) is 10.5. The van der Waals surface area contributed by atoms with Crippen LogP contribution in [0.3, 0.4) is 0 Å². The molecule has 0 spiro atoms. The minimum Gasteiger partial charge on any atom is -0.309 e. The monoisotopic (exact) mass is 745 g/mol. The highest BCUT2D eigenvalue weighted by atomic mass is 15.0. The van der Waals surface area contributed by atoms with Gasteiger partial charge < -0.3 is 13.4 Å². The van der Waals surface area contributed by atoms with Crippen LogP contribution in [0.5, 0.6) is 0 Å². The lowest BCUT2D eigenvalue weighted by Gasteiger charge is -2.13. The smallest absolute Gasteiger partial charge is 0.0626 e. The van der Waals surface area contributed by atoms with Crippen LogP contribution in [0.4, 0.5) is 0 Å². The fraction of sp³-hybridized carbons (Fsp3) is 0. The number of hydrogen-bond donors (Lipinski definition) is 0. The maximum Gasteiger partial charge on any atom is 0.0626 e. The van der Waals surface area contributed by atoms with Crippen molar-refractivity contribution < 1.29 is 0 Å². The molecule has 0 unspecified atom stereocenters. The number of hydrogen-bond acceptors (Lipinski definition) is 0. The maximum atomic E-state index is 2.61. The summed E-state index contributed by atoms with van der Waals surface area (Å²) < 4.78 is 7.56. The molecule has 0 aliphatic carbocycles. The SMILES string of the molecule is c1ccc(-n2c3ccccc3c3cc(-c4c5ccccc5cc5c6cccc7c8cc9c(cc8n(c45)c76)c4c5ccccc5cc5c6ccccc6n9c54)ccc32)cc1. The highest BCUT2D eigenvalue weighted by Crippen LogP contribution is 2.49. The van der Waals surface area contributed by atoms with Crippen LogP contribution in [0.25, 0.3) is 136 Å². The summed E-state index contributed by atoms with van der Waals surface area (Å²) in [6, 6.07) is 70.3. The van der Waals surface area contributed by atoms with Gasteiger partial charge in [-0.2, -0.15) is 0 Å². The van der Waals surface area contributed by atoms with Crippen molar-refractivity contribution in [2.24, 2.45) is 0 Å². The van der Waals surface area contributed by atoms with Crippen molar-refractivity contribution in [3.8, 4) is 16.8 Å². The van der Waals surface area contributed by atoms with Crippen molar-refractivity contribution >= 4 is 120 Å². The third-order valence-electron chi connectivity index (χ3n) is 13.6. The molecule has 15 rings (SSSR count). The fourth-order valence-corrected chi connectivity index (χ4v) is 11.3. The van der Waals surface area contributed by atoms with Crippen LogP contribution in [0.1, 0.15) is 0 Å². The van der Waals surface area contributed by atoms with E-state index in [1.807, 2.05) is 0 Å². The van der Waals surface area contributed by atoms with E-state index in [0.717, 1.165) is 0 Å². The van der Waals surface area contributed by atoms with E-state index in [9.17, 15) is 0 Å². The predicted molar refractivity (Wildman–Crippen MR) is 251 cm³/mol. The van der Waals surface area contributed by atoms with Gasteiger partial charge in [0.25, 0.3) is 0 Å². The minimum atomic E-state index is 1.17. The Balaban J connectivity index is 1.13. The van der Waals surface area contributed by atoms with Crippen molar-refractivity contribution in [3.63, 3.8) is 0 Å². The molecule has 3 nitrogen and oxygen atoms in total. The lowest BCUT2D eigenvalue weighted by molar-refractivity contribution is 1.18. The Labute approximate surface area is 336 Å². The van der Waals surface area contributed by atoms with Gasteiger partial charge in [0.15, 0.2) is 0 Å². The Bertz CT molecular complexity index is 4290. The third-order valence-corrected chi connectivity index (χ3v) is 13.6. The number of para-hydroxylation sites is 4. The van der Waals surface area contributed by atoms with Crippen LogP contribution >= 0.6 is 0 Å². The average Bonchev–Trinajstić information content (AvgIpc) is 4.08. The summed E-state index contributed by atoms with van der Waals surface area (Å²) in [6.45, 7) is 0. The number of fused-ring (bicyclic) bond motifs is 18. The minimum absolute atomic E-state index is 1.17. The maximum absolute atomic E-state index is 2.61. The summed E-state index contributed by atoms with van der Waals surface area (Å²) in [4.78, 5) is 0. The second-order valence-electron chi connectivity index (χ2n) is 16.4. The molecule has 3 heteroatoms. The van der Waals surface area contributed by atoms with Crippen molar-refractivity contribution in [2.75, 3.05) is 0 Å². The fourth-order valence-electron chi connectivity index (χ4n) is 11.3. The summed E-state index contributed by atoms with van der Waals surface area (Å²) in [5, 5.41) is 18.0. The number of rotatable bonds is 2. The Kier molecular flexibility index (Phi) is 5.41. The first-order valence-corrected chi connectivity index (χ1v) is 20.5. The largest absolute Gasteiger partial charge is 0.309 e. The Morgan fingerprint density at radius 3 is 1.64 bits per heavy atom. The second-order valence-corrected chi connectivity index (χ2v) is 16.4. The average molecular weight is 746 g/mol. The molecule has 0 atom stereocenters. The molecule has 0 amide bonds. The van der Waals surface area contributed by atoms with Crippen molar-refractivity contribution in [2.45, 2.75) is 0 Å². The lowest BCUT2D eigenvalue weighted by Crippen LogP contribution is -1.93. The molecule has 270 valence electrons. The van der Waals surface area contributed by atoms with E-state index in [2.05, 4.69) is 201 Å². The summed E-state index contributed by atoms with van der Waals surface area (Å²) in [7, 11) is 0. The number of nitrogens with zero attached hydrogens (tertiary/aromatic N) is 3. The molecule has 10 aromatic carbocycles. The van der Waals surface area contributed by atoms with Gasteiger partial charge in [0.1, 0.15) is 0 Å². The van der Waals surface area contributed by atoms with Crippen LogP contribution in [0.15, 0.2) is 188 Å². The molecule has 0 saturated carbocycles. The summed E-state index contributed by atoms with van der Waals surface area (Å²) in [6.07, 6.45) is 0. The zero-order valence-electron chi connectivity index (χ0n) is 31.7. The first-order valence-electron chi connectivity index (χ1n) is 20.5. The molecule has 0 aliphatic rings. The van der Waals surface area contributed by atoms with Crippen LogP contribution in [0.2, 0.25) is 0 Å². The van der Waals surface area contributed by atoms with E-state index in [1.54, 1.807) is 0 Å². The van der Waals surface area contributed by atoms with Crippen LogP contribution in [-0.4, -0.2) is 13.4 Å².